The highest BCUT2D eigenvalue weighted by molar-refractivity contribution is 6.64. The fourth-order valence-corrected chi connectivity index (χ4v) is 2.23. The van der Waals surface area contributed by atoms with Gasteiger partial charge in [0.15, 0.2) is 0 Å². The minimum atomic E-state index is -4.56. The number of alkyl halides is 3. The van der Waals surface area contributed by atoms with E-state index in [2.05, 4.69) is 0 Å². The van der Waals surface area contributed by atoms with Gasteiger partial charge in [-0.2, -0.15) is 13.2 Å². The van der Waals surface area contributed by atoms with Crippen molar-refractivity contribution in [2.45, 2.75) is 20.0 Å². The molecule has 1 rings (SSSR count). The second-order valence-electron chi connectivity index (χ2n) is 4.14. The maximum absolute atomic E-state index is 12.1. The number of carbonyl (C=O) groups is 1. The maximum atomic E-state index is 12.1. The number of hydrogen-bond donors (Lipinski definition) is 0. The van der Waals surface area contributed by atoms with Gasteiger partial charge < -0.3 is 0 Å². The van der Waals surface area contributed by atoms with Gasteiger partial charge in [-0.1, -0.05) is 31.5 Å². The Bertz CT molecular complexity index is 320. The first kappa shape index (κ1) is 12.8. The van der Waals surface area contributed by atoms with E-state index < -0.39 is 33.7 Å². The van der Waals surface area contributed by atoms with Crippen molar-refractivity contribution in [1.29, 1.82) is 0 Å². The van der Waals surface area contributed by atoms with Crippen molar-refractivity contribution in [1.82, 2.24) is 0 Å². The lowest BCUT2D eigenvalue weighted by Gasteiger charge is -2.04. The Morgan fingerprint density at radius 1 is 1.33 bits per heavy atom. The molecule has 0 saturated heterocycles. The summed E-state index contributed by atoms with van der Waals surface area (Å²) >= 11 is 10.3. The van der Waals surface area contributed by atoms with Crippen molar-refractivity contribution in [3.63, 3.8) is 0 Å². The van der Waals surface area contributed by atoms with Crippen LogP contribution in [0.15, 0.2) is 11.1 Å². The summed E-state index contributed by atoms with van der Waals surface area (Å²) in [7, 11) is 0. The third-order valence-corrected chi connectivity index (χ3v) is 3.33. The Morgan fingerprint density at radius 3 is 2.07 bits per heavy atom. The van der Waals surface area contributed by atoms with E-state index in [4.69, 9.17) is 23.2 Å². The van der Waals surface area contributed by atoms with E-state index in [-0.39, 0.29) is 0 Å². The van der Waals surface area contributed by atoms with Crippen LogP contribution in [0.25, 0.3) is 0 Å². The molecule has 0 aromatic rings. The van der Waals surface area contributed by atoms with Crippen LogP contribution in [0.2, 0.25) is 0 Å². The largest absolute Gasteiger partial charge is 0.426 e. The zero-order valence-electron chi connectivity index (χ0n) is 8.03. The average Bonchev–Trinajstić information content (AvgIpc) is 2.50. The van der Waals surface area contributed by atoms with Gasteiger partial charge in [0.1, 0.15) is 5.03 Å². The summed E-state index contributed by atoms with van der Waals surface area (Å²) < 4.78 is 36.3. The Balaban J connectivity index is 2.83. The molecule has 0 amide bonds. The molecule has 1 aliphatic rings. The Labute approximate surface area is 95.2 Å². The molecule has 1 saturated carbocycles. The van der Waals surface area contributed by atoms with Gasteiger partial charge in [0.25, 0.3) is 0 Å². The monoisotopic (exact) mass is 260 g/mol. The van der Waals surface area contributed by atoms with Crippen molar-refractivity contribution in [3.05, 3.63) is 11.1 Å². The van der Waals surface area contributed by atoms with Gasteiger partial charge in [0.05, 0.1) is 0 Å². The molecule has 0 radical (unpaired) electrons. The molecule has 1 nitrogen and oxygen atoms in total. The van der Waals surface area contributed by atoms with Gasteiger partial charge >= 0.3 is 6.18 Å². The Kier molecular flexibility index (Phi) is 3.14. The predicted octanol–water partition coefficient (Wildman–Crippen LogP) is 3.71. The standard InChI is InChI=1S/C9H9Cl2F3O/c1-8(2)4(6(8)7(11)15)3-5(10)9(12,13)14/h3-4,6H,1-2H3/b5-3+/t4?,6-/m0/s1. The van der Waals surface area contributed by atoms with Crippen molar-refractivity contribution < 1.29 is 18.0 Å². The number of halogens is 5. The predicted molar refractivity (Wildman–Crippen MR) is 51.6 cm³/mol. The van der Waals surface area contributed by atoms with Crippen LogP contribution in [0, 0.1) is 17.3 Å². The van der Waals surface area contributed by atoms with Crippen LogP contribution in [0.3, 0.4) is 0 Å². The molecule has 0 spiro atoms. The number of allylic oxidation sites excluding steroid dienone is 2. The highest BCUT2D eigenvalue weighted by Crippen LogP contribution is 2.60. The van der Waals surface area contributed by atoms with Gasteiger partial charge in [0.2, 0.25) is 5.24 Å². The number of carbonyl (C=O) groups excluding carboxylic acids is 1. The fourth-order valence-electron chi connectivity index (χ4n) is 1.67. The van der Waals surface area contributed by atoms with Gasteiger partial charge in [-0.25, -0.2) is 0 Å². The summed E-state index contributed by atoms with van der Waals surface area (Å²) in [6.07, 6.45) is -3.69. The third kappa shape index (κ3) is 2.48. The van der Waals surface area contributed by atoms with Crippen molar-refractivity contribution >= 4 is 28.4 Å². The zero-order chi connectivity index (χ0) is 12.0. The second kappa shape index (κ2) is 3.67. The van der Waals surface area contributed by atoms with Crippen LogP contribution >= 0.6 is 23.2 Å². The SMILES string of the molecule is CC1(C)C(/C=C(/Cl)C(F)(F)F)[C@H]1C(=O)Cl. The zero-order valence-corrected chi connectivity index (χ0v) is 9.54. The summed E-state index contributed by atoms with van der Waals surface area (Å²) in [5.74, 6) is -1.10. The van der Waals surface area contributed by atoms with E-state index >= 15 is 0 Å². The molecule has 1 unspecified atom stereocenters. The molecule has 1 fully saturated rings. The lowest BCUT2D eigenvalue weighted by molar-refractivity contribution is -0.113. The Morgan fingerprint density at radius 2 is 1.80 bits per heavy atom. The first-order chi connectivity index (χ1) is 6.58. The average molecular weight is 261 g/mol. The maximum Gasteiger partial charge on any atom is 0.426 e. The molecule has 15 heavy (non-hydrogen) atoms. The highest BCUT2D eigenvalue weighted by Gasteiger charge is 2.60. The lowest BCUT2D eigenvalue weighted by Crippen LogP contribution is -2.07. The van der Waals surface area contributed by atoms with E-state index in [0.717, 1.165) is 6.08 Å². The van der Waals surface area contributed by atoms with Gasteiger partial charge in [-0.15, -0.1) is 0 Å². The van der Waals surface area contributed by atoms with Crippen LogP contribution in [-0.2, 0) is 4.79 Å². The molecule has 0 bridgehead atoms. The van der Waals surface area contributed by atoms with Crippen LogP contribution < -0.4 is 0 Å². The molecule has 0 aliphatic heterocycles. The van der Waals surface area contributed by atoms with Gasteiger partial charge in [-0.05, 0) is 22.9 Å². The summed E-state index contributed by atoms with van der Waals surface area (Å²) in [6.45, 7) is 3.36. The minimum absolute atomic E-state index is 0.531. The topological polar surface area (TPSA) is 17.1 Å². The van der Waals surface area contributed by atoms with E-state index in [1.807, 2.05) is 0 Å². The Hall–Kier alpha value is -0.220. The molecule has 0 aromatic heterocycles. The first-order valence-corrected chi connectivity index (χ1v) is 4.98. The van der Waals surface area contributed by atoms with Crippen LogP contribution in [0.4, 0.5) is 13.2 Å². The van der Waals surface area contributed by atoms with Gasteiger partial charge in [-0.3, -0.25) is 4.79 Å². The lowest BCUT2D eigenvalue weighted by atomic mass is 10.1. The molecule has 2 atom stereocenters. The summed E-state index contributed by atoms with van der Waals surface area (Å²) in [5, 5.41) is -1.81. The van der Waals surface area contributed by atoms with E-state index in [1.54, 1.807) is 13.8 Å². The molecular weight excluding hydrogens is 252 g/mol. The molecule has 0 N–H and O–H groups in total. The second-order valence-corrected chi connectivity index (χ2v) is 4.92. The van der Waals surface area contributed by atoms with Crippen molar-refractivity contribution in [2.75, 3.05) is 0 Å². The normalized spacial score (nSPS) is 30.2. The van der Waals surface area contributed by atoms with Crippen molar-refractivity contribution in [3.8, 4) is 0 Å². The molecular formula is C9H9Cl2F3O. The van der Waals surface area contributed by atoms with Crippen LogP contribution in [-0.4, -0.2) is 11.4 Å². The highest BCUT2D eigenvalue weighted by atomic mass is 35.5. The summed E-state index contributed by atoms with van der Waals surface area (Å²) in [4.78, 5) is 10.9. The van der Waals surface area contributed by atoms with Crippen molar-refractivity contribution in [2.24, 2.45) is 17.3 Å². The third-order valence-electron chi connectivity index (χ3n) is 2.75. The van der Waals surface area contributed by atoms with E-state index in [1.165, 1.54) is 0 Å². The molecule has 0 heterocycles. The van der Waals surface area contributed by atoms with E-state index in [0.29, 0.717) is 0 Å². The van der Waals surface area contributed by atoms with Gasteiger partial charge in [0, 0.05) is 5.92 Å². The van der Waals surface area contributed by atoms with Crippen LogP contribution in [0.5, 0.6) is 0 Å². The first-order valence-electron chi connectivity index (χ1n) is 4.22. The summed E-state index contributed by atoms with van der Waals surface area (Å²) in [5.41, 5.74) is -0.537. The molecule has 6 heteroatoms. The molecule has 1 aliphatic carbocycles. The smallest absolute Gasteiger partial charge is 0.281 e. The van der Waals surface area contributed by atoms with E-state index in [9.17, 15) is 18.0 Å². The minimum Gasteiger partial charge on any atom is -0.281 e. The number of rotatable bonds is 2. The summed E-state index contributed by atoms with van der Waals surface area (Å²) in [6, 6.07) is 0. The fraction of sp³-hybridized carbons (Fsp3) is 0.667. The molecule has 86 valence electrons. The quantitative estimate of drug-likeness (QED) is 0.692. The van der Waals surface area contributed by atoms with Crippen LogP contribution in [0.1, 0.15) is 13.8 Å². The number of hydrogen-bond acceptors (Lipinski definition) is 1. The molecule has 0 aromatic carbocycles.